The molecule has 1 atom stereocenters. The molecule has 110 valence electrons. The molecule has 5 nitrogen and oxygen atoms in total. The molecule has 0 aromatic carbocycles. The first kappa shape index (κ1) is 14.9. The van der Waals surface area contributed by atoms with E-state index in [1.807, 2.05) is 6.07 Å². The Labute approximate surface area is 124 Å². The summed E-state index contributed by atoms with van der Waals surface area (Å²) in [6, 6.07) is 2.47. The molecule has 3 N–H and O–H groups in total. The van der Waals surface area contributed by atoms with Gasteiger partial charge in [-0.05, 0) is 26.6 Å². The second-order valence-corrected chi connectivity index (χ2v) is 6.25. The molecule has 1 unspecified atom stereocenters. The van der Waals surface area contributed by atoms with Crippen LogP contribution in [0.25, 0.3) is 0 Å². The molecular formula is C14H22N4OS. The summed E-state index contributed by atoms with van der Waals surface area (Å²) in [5.74, 6) is -0.123. The average Bonchev–Trinajstić information content (AvgIpc) is 3.02. The predicted octanol–water partition coefficient (Wildman–Crippen LogP) is 1.39. The summed E-state index contributed by atoms with van der Waals surface area (Å²) < 4.78 is 0. The van der Waals surface area contributed by atoms with Gasteiger partial charge >= 0.3 is 0 Å². The maximum absolute atomic E-state index is 12.0. The van der Waals surface area contributed by atoms with Gasteiger partial charge in [-0.15, -0.1) is 17.9 Å². The number of anilines is 2. The number of nitrogens with two attached hydrogens (primary N) is 1. The fraction of sp³-hybridized carbons (Fsp3) is 0.500. The Morgan fingerprint density at radius 1 is 1.70 bits per heavy atom. The highest BCUT2D eigenvalue weighted by molar-refractivity contribution is 7.18. The van der Waals surface area contributed by atoms with Crippen LogP contribution in [0.3, 0.4) is 0 Å². The molecule has 0 aliphatic carbocycles. The van der Waals surface area contributed by atoms with Crippen molar-refractivity contribution in [2.45, 2.75) is 12.5 Å². The molecule has 2 heterocycles. The standard InChI is InChI=1S/C14H22N4OS/c1-4-6-16-14(19)13-11(15)8-12(20-13)18-7-5-10(9-18)17(2)3/h4,8,10H,1,5-7,9,15H2,2-3H3,(H,16,19). The highest BCUT2D eigenvalue weighted by atomic mass is 32.1. The number of hydrogen-bond donors (Lipinski definition) is 2. The van der Waals surface area contributed by atoms with Crippen LogP contribution in [0.15, 0.2) is 18.7 Å². The molecule has 1 aliphatic rings. The van der Waals surface area contributed by atoms with Crippen LogP contribution in [0.4, 0.5) is 10.7 Å². The monoisotopic (exact) mass is 294 g/mol. The van der Waals surface area contributed by atoms with Crippen molar-refractivity contribution in [1.29, 1.82) is 0 Å². The zero-order valence-corrected chi connectivity index (χ0v) is 12.9. The summed E-state index contributed by atoms with van der Waals surface area (Å²) in [6.45, 7) is 6.04. The number of carbonyl (C=O) groups is 1. The number of nitrogens with one attached hydrogen (secondary N) is 1. The molecule has 1 saturated heterocycles. The van der Waals surface area contributed by atoms with Gasteiger partial charge in [0, 0.05) is 25.7 Å². The van der Waals surface area contributed by atoms with Gasteiger partial charge in [0.2, 0.25) is 0 Å². The molecule has 6 heteroatoms. The van der Waals surface area contributed by atoms with Gasteiger partial charge in [-0.1, -0.05) is 6.08 Å². The van der Waals surface area contributed by atoms with E-state index in [0.717, 1.165) is 24.5 Å². The van der Waals surface area contributed by atoms with E-state index in [9.17, 15) is 4.79 Å². The molecule has 2 rings (SSSR count). The Kier molecular flexibility index (Phi) is 4.67. The van der Waals surface area contributed by atoms with Crippen molar-refractivity contribution in [2.24, 2.45) is 0 Å². The first-order chi connectivity index (χ1) is 9.52. The summed E-state index contributed by atoms with van der Waals surface area (Å²) in [7, 11) is 4.20. The van der Waals surface area contributed by atoms with Crippen LogP contribution < -0.4 is 16.0 Å². The molecule has 1 aliphatic heterocycles. The van der Waals surface area contributed by atoms with Crippen molar-refractivity contribution in [2.75, 3.05) is 44.4 Å². The second-order valence-electron chi connectivity index (χ2n) is 5.22. The summed E-state index contributed by atoms with van der Waals surface area (Å²) in [5.41, 5.74) is 6.52. The molecule has 1 aromatic rings. The molecule has 1 fully saturated rings. The van der Waals surface area contributed by atoms with E-state index >= 15 is 0 Å². The predicted molar refractivity (Wildman–Crippen MR) is 85.6 cm³/mol. The van der Waals surface area contributed by atoms with Gasteiger partial charge in [0.05, 0.1) is 10.7 Å². The van der Waals surface area contributed by atoms with Crippen molar-refractivity contribution < 1.29 is 4.79 Å². The van der Waals surface area contributed by atoms with E-state index in [2.05, 4.69) is 35.8 Å². The highest BCUT2D eigenvalue weighted by Crippen LogP contribution is 2.34. The lowest BCUT2D eigenvalue weighted by molar-refractivity contribution is 0.0963. The zero-order chi connectivity index (χ0) is 14.7. The molecule has 0 spiro atoms. The van der Waals surface area contributed by atoms with Gasteiger partial charge in [-0.3, -0.25) is 4.79 Å². The van der Waals surface area contributed by atoms with Gasteiger partial charge in [0.1, 0.15) is 4.88 Å². The number of likely N-dealkylation sites (N-methyl/N-ethyl adjacent to an activating group) is 1. The van der Waals surface area contributed by atoms with Crippen LogP contribution in [0.5, 0.6) is 0 Å². The largest absolute Gasteiger partial charge is 0.397 e. The lowest BCUT2D eigenvalue weighted by Crippen LogP contribution is -2.31. The van der Waals surface area contributed by atoms with E-state index in [-0.39, 0.29) is 5.91 Å². The molecule has 0 radical (unpaired) electrons. The van der Waals surface area contributed by atoms with Crippen LogP contribution in [-0.2, 0) is 0 Å². The Hall–Kier alpha value is -1.53. The molecule has 0 saturated carbocycles. The van der Waals surface area contributed by atoms with E-state index < -0.39 is 0 Å². The van der Waals surface area contributed by atoms with Crippen molar-refractivity contribution >= 4 is 27.9 Å². The number of amides is 1. The number of nitrogens with zero attached hydrogens (tertiary/aromatic N) is 2. The third-order valence-corrected chi connectivity index (χ3v) is 4.78. The van der Waals surface area contributed by atoms with Gasteiger partial charge in [-0.25, -0.2) is 0 Å². The smallest absolute Gasteiger partial charge is 0.263 e. The number of rotatable bonds is 5. The number of carbonyl (C=O) groups excluding carboxylic acids is 1. The minimum atomic E-state index is -0.123. The quantitative estimate of drug-likeness (QED) is 0.806. The van der Waals surface area contributed by atoms with Crippen LogP contribution in [0.1, 0.15) is 16.1 Å². The maximum Gasteiger partial charge on any atom is 0.263 e. The number of nitrogen functional groups attached to an aromatic ring is 1. The molecule has 1 aromatic heterocycles. The van der Waals surface area contributed by atoms with E-state index in [0.29, 0.717) is 23.2 Å². The SMILES string of the molecule is C=CCNC(=O)c1sc(N2CCC(N(C)C)C2)cc1N. The Balaban J connectivity index is 2.08. The van der Waals surface area contributed by atoms with Gasteiger partial charge < -0.3 is 20.9 Å². The van der Waals surface area contributed by atoms with Gasteiger partial charge in [0.25, 0.3) is 5.91 Å². The molecule has 20 heavy (non-hydrogen) atoms. The minimum Gasteiger partial charge on any atom is -0.397 e. The third-order valence-electron chi connectivity index (χ3n) is 3.57. The van der Waals surface area contributed by atoms with Crippen molar-refractivity contribution in [3.63, 3.8) is 0 Å². The lowest BCUT2D eigenvalue weighted by atomic mass is 10.2. The normalized spacial score (nSPS) is 18.6. The van der Waals surface area contributed by atoms with Crippen LogP contribution in [-0.4, -0.2) is 50.6 Å². The summed E-state index contributed by atoms with van der Waals surface area (Å²) >= 11 is 1.47. The summed E-state index contributed by atoms with van der Waals surface area (Å²) in [6.07, 6.45) is 2.80. The lowest BCUT2D eigenvalue weighted by Gasteiger charge is -2.20. The summed E-state index contributed by atoms with van der Waals surface area (Å²) in [4.78, 5) is 17.1. The second kappa shape index (κ2) is 6.28. The van der Waals surface area contributed by atoms with Crippen LogP contribution in [0, 0.1) is 0 Å². The van der Waals surface area contributed by atoms with Crippen LogP contribution in [0.2, 0.25) is 0 Å². The first-order valence-electron chi connectivity index (χ1n) is 6.72. The Bertz CT molecular complexity index is 497. The summed E-state index contributed by atoms with van der Waals surface area (Å²) in [5, 5.41) is 3.85. The first-order valence-corrected chi connectivity index (χ1v) is 7.54. The van der Waals surface area contributed by atoms with Crippen molar-refractivity contribution in [3.05, 3.63) is 23.6 Å². The fourth-order valence-corrected chi connectivity index (χ4v) is 3.37. The molecule has 0 bridgehead atoms. The zero-order valence-electron chi connectivity index (χ0n) is 12.1. The number of thiophene rings is 1. The van der Waals surface area contributed by atoms with E-state index in [1.165, 1.54) is 11.3 Å². The third kappa shape index (κ3) is 3.13. The molecular weight excluding hydrogens is 272 g/mol. The van der Waals surface area contributed by atoms with Crippen molar-refractivity contribution in [3.8, 4) is 0 Å². The van der Waals surface area contributed by atoms with Gasteiger partial charge in [-0.2, -0.15) is 0 Å². The fourth-order valence-electron chi connectivity index (χ4n) is 2.33. The number of hydrogen-bond acceptors (Lipinski definition) is 5. The van der Waals surface area contributed by atoms with Gasteiger partial charge in [0.15, 0.2) is 0 Å². The van der Waals surface area contributed by atoms with E-state index in [4.69, 9.17) is 5.73 Å². The Morgan fingerprint density at radius 2 is 2.45 bits per heavy atom. The van der Waals surface area contributed by atoms with Crippen molar-refractivity contribution in [1.82, 2.24) is 10.2 Å². The Morgan fingerprint density at radius 3 is 3.05 bits per heavy atom. The molecule has 1 amide bonds. The average molecular weight is 294 g/mol. The minimum absolute atomic E-state index is 0.123. The highest BCUT2D eigenvalue weighted by Gasteiger charge is 2.26. The maximum atomic E-state index is 12.0. The van der Waals surface area contributed by atoms with E-state index in [1.54, 1.807) is 6.08 Å². The van der Waals surface area contributed by atoms with Crippen LogP contribution >= 0.6 is 11.3 Å². The topological polar surface area (TPSA) is 61.6 Å².